The van der Waals surface area contributed by atoms with Gasteiger partial charge in [0.2, 0.25) is 5.91 Å². The van der Waals surface area contributed by atoms with Crippen molar-refractivity contribution in [2.45, 2.75) is 44.7 Å². The number of amides is 1. The van der Waals surface area contributed by atoms with E-state index in [-0.39, 0.29) is 24.3 Å². The summed E-state index contributed by atoms with van der Waals surface area (Å²) in [6.45, 7) is 0.771. The fourth-order valence-corrected chi connectivity index (χ4v) is 4.93. The van der Waals surface area contributed by atoms with Crippen LogP contribution >= 0.6 is 0 Å². The first-order valence-corrected chi connectivity index (χ1v) is 11.3. The zero-order chi connectivity index (χ0) is 23.4. The van der Waals surface area contributed by atoms with Crippen LogP contribution in [0.25, 0.3) is 10.9 Å². The van der Waals surface area contributed by atoms with E-state index >= 15 is 0 Å². The first kappa shape index (κ1) is 23.0. The summed E-state index contributed by atoms with van der Waals surface area (Å²) < 4.78 is 21.1. The lowest BCUT2D eigenvalue weighted by Gasteiger charge is -2.35. The molecule has 0 saturated carbocycles. The second-order valence-electron chi connectivity index (χ2n) is 8.53. The Morgan fingerprint density at radius 3 is 2.73 bits per heavy atom. The first-order valence-electron chi connectivity index (χ1n) is 11.3. The summed E-state index contributed by atoms with van der Waals surface area (Å²) in [6, 6.07) is 14.4. The molecule has 0 unspecified atom stereocenters. The fraction of sp³-hybridized carbons (Fsp3) is 0.385. The second-order valence-corrected chi connectivity index (χ2v) is 8.53. The fourth-order valence-electron chi connectivity index (χ4n) is 4.93. The van der Waals surface area contributed by atoms with Crippen LogP contribution in [0.15, 0.2) is 48.5 Å². The summed E-state index contributed by atoms with van der Waals surface area (Å²) in [5.41, 5.74) is 3.72. The normalized spacial score (nSPS) is 15.4. The highest BCUT2D eigenvalue weighted by atomic mass is 19.1. The van der Waals surface area contributed by atoms with E-state index < -0.39 is 5.97 Å². The Morgan fingerprint density at radius 1 is 1.21 bits per heavy atom. The monoisotopic (exact) mass is 452 g/mol. The third kappa shape index (κ3) is 5.09. The highest BCUT2D eigenvalue weighted by Gasteiger charge is 2.31. The Hall–Kier alpha value is -3.19. The molecule has 7 heteroatoms. The van der Waals surface area contributed by atoms with Gasteiger partial charge in [-0.1, -0.05) is 30.3 Å². The SMILES string of the molecule is COCCN(C(=O)CCc1ccccc1)[C@H]1CCc2c(c3cc(F)ccc3n2CC(=O)O)C1. The largest absolute Gasteiger partial charge is 0.480 e. The molecule has 0 saturated heterocycles. The number of nitrogens with zero attached hydrogens (tertiary/aromatic N) is 2. The lowest BCUT2D eigenvalue weighted by Crippen LogP contribution is -2.45. The second kappa shape index (κ2) is 10.2. The highest BCUT2D eigenvalue weighted by Crippen LogP contribution is 2.34. The van der Waals surface area contributed by atoms with Crippen LogP contribution in [0.4, 0.5) is 4.39 Å². The number of aliphatic carboxylic acids is 1. The van der Waals surface area contributed by atoms with Crippen LogP contribution in [0, 0.1) is 5.82 Å². The number of carbonyl (C=O) groups excluding carboxylic acids is 1. The number of carboxylic acid groups (broad SMARTS) is 1. The average Bonchev–Trinajstić information content (AvgIpc) is 3.10. The van der Waals surface area contributed by atoms with Gasteiger partial charge in [0, 0.05) is 42.7 Å². The highest BCUT2D eigenvalue weighted by molar-refractivity contribution is 5.87. The lowest BCUT2D eigenvalue weighted by atomic mass is 9.90. The Balaban J connectivity index is 1.60. The van der Waals surface area contributed by atoms with Crippen molar-refractivity contribution in [3.05, 3.63) is 71.2 Å². The van der Waals surface area contributed by atoms with E-state index in [2.05, 4.69) is 0 Å². The van der Waals surface area contributed by atoms with E-state index in [1.807, 2.05) is 35.2 Å². The van der Waals surface area contributed by atoms with Gasteiger partial charge in [0.1, 0.15) is 12.4 Å². The third-order valence-corrected chi connectivity index (χ3v) is 6.46. The van der Waals surface area contributed by atoms with Crippen LogP contribution in [0.1, 0.15) is 29.7 Å². The zero-order valence-electron chi connectivity index (χ0n) is 18.8. The number of carboxylic acids is 1. The molecule has 1 aromatic heterocycles. The van der Waals surface area contributed by atoms with Gasteiger partial charge in [0.25, 0.3) is 0 Å². The van der Waals surface area contributed by atoms with E-state index in [0.717, 1.165) is 34.1 Å². The van der Waals surface area contributed by atoms with Crippen LogP contribution in [0.3, 0.4) is 0 Å². The molecule has 1 aliphatic carbocycles. The predicted molar refractivity (Wildman–Crippen MR) is 124 cm³/mol. The molecule has 2 aromatic carbocycles. The lowest BCUT2D eigenvalue weighted by molar-refractivity contribution is -0.137. The van der Waals surface area contributed by atoms with Crippen LogP contribution in [-0.4, -0.2) is 52.8 Å². The minimum Gasteiger partial charge on any atom is -0.480 e. The molecule has 3 aromatic rings. The Labute approximate surface area is 192 Å². The van der Waals surface area contributed by atoms with Crippen LogP contribution in [-0.2, 0) is 40.1 Å². The Bertz CT molecular complexity index is 1140. The standard InChI is InChI=1S/C26H29FN2O4/c1-33-14-13-28(25(30)12-7-18-5-3-2-4-6-18)20-9-11-24-22(16-20)21-15-19(27)8-10-23(21)29(24)17-26(31)32/h2-6,8,10,15,20H,7,9,11-14,16-17H2,1H3,(H,31,32)/t20-/m0/s1. The average molecular weight is 453 g/mol. The van der Waals surface area contributed by atoms with Crippen molar-refractivity contribution in [1.29, 1.82) is 0 Å². The van der Waals surface area contributed by atoms with E-state index in [1.54, 1.807) is 17.7 Å². The van der Waals surface area contributed by atoms with E-state index in [9.17, 15) is 19.1 Å². The van der Waals surface area contributed by atoms with Crippen molar-refractivity contribution >= 4 is 22.8 Å². The molecule has 0 bridgehead atoms. The molecule has 6 nitrogen and oxygen atoms in total. The molecule has 0 spiro atoms. The number of aryl methyl sites for hydroxylation is 1. The van der Waals surface area contributed by atoms with Crippen molar-refractivity contribution in [3.63, 3.8) is 0 Å². The van der Waals surface area contributed by atoms with Crippen molar-refractivity contribution in [3.8, 4) is 0 Å². The van der Waals surface area contributed by atoms with Gasteiger partial charge in [0.05, 0.1) is 6.61 Å². The molecule has 0 radical (unpaired) electrons. The maximum Gasteiger partial charge on any atom is 0.323 e. The summed E-state index contributed by atoms with van der Waals surface area (Å²) in [5, 5.41) is 10.1. The smallest absolute Gasteiger partial charge is 0.323 e. The van der Waals surface area contributed by atoms with Crippen molar-refractivity contribution in [1.82, 2.24) is 9.47 Å². The summed E-state index contributed by atoms with van der Waals surface area (Å²) in [6.07, 6.45) is 3.02. The van der Waals surface area contributed by atoms with Gasteiger partial charge in [0.15, 0.2) is 0 Å². The molecule has 4 rings (SSSR count). The minimum absolute atomic E-state index is 0.0388. The number of hydrogen-bond donors (Lipinski definition) is 1. The number of rotatable bonds is 9. The Morgan fingerprint density at radius 2 is 2.00 bits per heavy atom. The van der Waals surface area contributed by atoms with Gasteiger partial charge < -0.3 is 19.3 Å². The summed E-state index contributed by atoms with van der Waals surface area (Å²) in [5.74, 6) is -1.21. The quantitative estimate of drug-likeness (QED) is 0.536. The maximum atomic E-state index is 14.1. The van der Waals surface area contributed by atoms with Gasteiger partial charge in [-0.25, -0.2) is 4.39 Å². The number of halogens is 1. The van der Waals surface area contributed by atoms with E-state index in [1.165, 1.54) is 12.1 Å². The van der Waals surface area contributed by atoms with Gasteiger partial charge in [-0.2, -0.15) is 0 Å². The summed E-state index contributed by atoms with van der Waals surface area (Å²) in [7, 11) is 1.62. The van der Waals surface area contributed by atoms with E-state index in [4.69, 9.17) is 4.74 Å². The third-order valence-electron chi connectivity index (χ3n) is 6.46. The van der Waals surface area contributed by atoms with E-state index in [0.29, 0.717) is 38.8 Å². The number of carbonyl (C=O) groups is 2. The van der Waals surface area contributed by atoms with Gasteiger partial charge in [-0.05, 0) is 55.0 Å². The predicted octanol–water partition coefficient (Wildman–Crippen LogP) is 3.83. The molecule has 0 fully saturated rings. The zero-order valence-corrected chi connectivity index (χ0v) is 18.8. The topological polar surface area (TPSA) is 71.8 Å². The summed E-state index contributed by atoms with van der Waals surface area (Å²) >= 11 is 0. The molecule has 1 atom stereocenters. The number of aromatic nitrogens is 1. The Kier molecular flexibility index (Phi) is 7.08. The number of hydrogen-bond acceptors (Lipinski definition) is 3. The van der Waals surface area contributed by atoms with Crippen LogP contribution in [0.5, 0.6) is 0 Å². The minimum atomic E-state index is -0.932. The number of methoxy groups -OCH3 is 1. The van der Waals surface area contributed by atoms with Crippen LogP contribution < -0.4 is 0 Å². The number of benzene rings is 2. The maximum absolute atomic E-state index is 14.1. The van der Waals surface area contributed by atoms with Crippen molar-refractivity contribution in [2.75, 3.05) is 20.3 Å². The molecule has 174 valence electrons. The molecule has 1 N–H and O–H groups in total. The number of ether oxygens (including phenoxy) is 1. The van der Waals surface area contributed by atoms with Gasteiger partial charge in [-0.15, -0.1) is 0 Å². The van der Waals surface area contributed by atoms with Gasteiger partial charge in [-0.3, -0.25) is 9.59 Å². The molecular formula is C26H29FN2O4. The molecule has 1 heterocycles. The molecular weight excluding hydrogens is 423 g/mol. The first-order chi connectivity index (χ1) is 16.0. The van der Waals surface area contributed by atoms with Crippen molar-refractivity contribution < 1.29 is 23.8 Å². The van der Waals surface area contributed by atoms with Gasteiger partial charge >= 0.3 is 5.97 Å². The number of fused-ring (bicyclic) bond motifs is 3. The summed E-state index contributed by atoms with van der Waals surface area (Å²) in [4.78, 5) is 26.6. The van der Waals surface area contributed by atoms with Crippen LogP contribution in [0.2, 0.25) is 0 Å². The molecule has 1 aliphatic rings. The molecule has 33 heavy (non-hydrogen) atoms. The molecule has 1 amide bonds. The molecule has 0 aliphatic heterocycles. The van der Waals surface area contributed by atoms with Crippen molar-refractivity contribution in [2.24, 2.45) is 0 Å².